The van der Waals surface area contributed by atoms with E-state index in [9.17, 15) is 13.6 Å². The number of halogens is 2. The van der Waals surface area contributed by atoms with Gasteiger partial charge in [0.2, 0.25) is 0 Å². The van der Waals surface area contributed by atoms with E-state index in [2.05, 4.69) is 14.5 Å². The fourth-order valence-electron chi connectivity index (χ4n) is 1.57. The van der Waals surface area contributed by atoms with E-state index in [0.29, 0.717) is 16.3 Å². The summed E-state index contributed by atoms with van der Waals surface area (Å²) in [5.74, 6) is -0.347. The van der Waals surface area contributed by atoms with E-state index < -0.39 is 12.6 Å². The number of carbonyl (C=O) groups excluding carboxylic acids is 1. The second kappa shape index (κ2) is 6.42. The Kier molecular flexibility index (Phi) is 4.62. The summed E-state index contributed by atoms with van der Waals surface area (Å²) in [6, 6.07) is 6.39. The number of thiazole rings is 1. The van der Waals surface area contributed by atoms with Crippen LogP contribution in [0.3, 0.4) is 0 Å². The molecule has 0 amide bonds. The summed E-state index contributed by atoms with van der Waals surface area (Å²) in [6.07, 6.45) is 0.0465. The van der Waals surface area contributed by atoms with Crippen LogP contribution in [0.4, 0.5) is 8.78 Å². The van der Waals surface area contributed by atoms with Gasteiger partial charge in [0.25, 0.3) is 0 Å². The monoisotopic (exact) mass is 299 g/mol. The van der Waals surface area contributed by atoms with Crippen LogP contribution in [0, 0.1) is 0 Å². The zero-order valence-electron chi connectivity index (χ0n) is 10.5. The normalized spacial score (nSPS) is 10.6. The number of para-hydroxylation sites is 1. The van der Waals surface area contributed by atoms with E-state index >= 15 is 0 Å². The van der Waals surface area contributed by atoms with Crippen molar-refractivity contribution in [2.75, 3.05) is 7.11 Å². The van der Waals surface area contributed by atoms with Crippen LogP contribution >= 0.6 is 11.3 Å². The average molecular weight is 299 g/mol. The molecule has 20 heavy (non-hydrogen) atoms. The van der Waals surface area contributed by atoms with Crippen molar-refractivity contribution in [2.24, 2.45) is 0 Å². The molecular formula is C13H11F2NO3S. The van der Waals surface area contributed by atoms with Gasteiger partial charge in [0.05, 0.1) is 24.8 Å². The Labute approximate surface area is 118 Å². The van der Waals surface area contributed by atoms with Gasteiger partial charge < -0.3 is 9.47 Å². The van der Waals surface area contributed by atoms with Gasteiger partial charge in [-0.1, -0.05) is 12.1 Å². The fraction of sp³-hybridized carbons (Fsp3) is 0.231. The Morgan fingerprint density at radius 1 is 1.40 bits per heavy atom. The maximum absolute atomic E-state index is 12.3. The van der Waals surface area contributed by atoms with Crippen LogP contribution < -0.4 is 4.74 Å². The second-order valence-electron chi connectivity index (χ2n) is 3.77. The topological polar surface area (TPSA) is 48.4 Å². The Balaban J connectivity index is 2.25. The van der Waals surface area contributed by atoms with Crippen LogP contribution in [-0.4, -0.2) is 24.7 Å². The zero-order valence-corrected chi connectivity index (χ0v) is 11.3. The number of methoxy groups -OCH3 is 1. The number of aromatic nitrogens is 1. The largest absolute Gasteiger partial charge is 0.469 e. The summed E-state index contributed by atoms with van der Waals surface area (Å²) in [6.45, 7) is -2.90. The molecule has 0 bridgehead atoms. The van der Waals surface area contributed by atoms with E-state index in [1.807, 2.05) is 0 Å². The SMILES string of the molecule is COC(=O)Cc1csc(-c2ccccc2OC(F)F)n1. The van der Waals surface area contributed by atoms with E-state index in [4.69, 9.17) is 0 Å². The molecule has 0 aliphatic heterocycles. The van der Waals surface area contributed by atoms with Gasteiger partial charge in [-0.3, -0.25) is 4.79 Å². The van der Waals surface area contributed by atoms with E-state index in [-0.39, 0.29) is 12.2 Å². The molecule has 4 nitrogen and oxygen atoms in total. The van der Waals surface area contributed by atoms with E-state index in [1.165, 1.54) is 24.5 Å². The molecule has 1 aromatic heterocycles. The van der Waals surface area contributed by atoms with Crippen molar-refractivity contribution in [1.29, 1.82) is 0 Å². The lowest BCUT2D eigenvalue weighted by Gasteiger charge is -2.08. The number of benzene rings is 1. The lowest BCUT2D eigenvalue weighted by molar-refractivity contribution is -0.139. The van der Waals surface area contributed by atoms with E-state index in [1.54, 1.807) is 23.6 Å². The van der Waals surface area contributed by atoms with Gasteiger partial charge >= 0.3 is 12.6 Å². The van der Waals surface area contributed by atoms with Crippen molar-refractivity contribution in [3.63, 3.8) is 0 Å². The van der Waals surface area contributed by atoms with Gasteiger partial charge in [-0.05, 0) is 12.1 Å². The number of hydrogen-bond acceptors (Lipinski definition) is 5. The molecule has 0 saturated heterocycles. The van der Waals surface area contributed by atoms with Crippen LogP contribution in [-0.2, 0) is 16.0 Å². The van der Waals surface area contributed by atoms with Crippen LogP contribution in [0.1, 0.15) is 5.69 Å². The maximum atomic E-state index is 12.3. The summed E-state index contributed by atoms with van der Waals surface area (Å²) in [4.78, 5) is 15.4. The van der Waals surface area contributed by atoms with E-state index in [0.717, 1.165) is 0 Å². The van der Waals surface area contributed by atoms with Crippen LogP contribution in [0.15, 0.2) is 29.6 Å². The minimum Gasteiger partial charge on any atom is -0.469 e. The Morgan fingerprint density at radius 3 is 2.85 bits per heavy atom. The first-order chi connectivity index (χ1) is 9.60. The minimum atomic E-state index is -2.90. The fourth-order valence-corrected chi connectivity index (χ4v) is 2.42. The summed E-state index contributed by atoms with van der Waals surface area (Å²) >= 11 is 1.25. The van der Waals surface area contributed by atoms with Crippen LogP contribution in [0.2, 0.25) is 0 Å². The molecule has 2 aromatic rings. The molecule has 0 unspecified atom stereocenters. The highest BCUT2D eigenvalue weighted by atomic mass is 32.1. The van der Waals surface area contributed by atoms with Crippen molar-refractivity contribution in [3.8, 4) is 16.3 Å². The molecule has 0 atom stereocenters. The highest BCUT2D eigenvalue weighted by molar-refractivity contribution is 7.13. The quantitative estimate of drug-likeness (QED) is 0.796. The smallest absolute Gasteiger partial charge is 0.387 e. The van der Waals surface area contributed by atoms with Crippen LogP contribution in [0.25, 0.3) is 10.6 Å². The number of esters is 1. The second-order valence-corrected chi connectivity index (χ2v) is 4.63. The van der Waals surface area contributed by atoms with Crippen molar-refractivity contribution >= 4 is 17.3 Å². The number of carbonyl (C=O) groups is 1. The molecular weight excluding hydrogens is 288 g/mol. The van der Waals surface area contributed by atoms with Crippen molar-refractivity contribution in [1.82, 2.24) is 4.98 Å². The molecule has 106 valence electrons. The standard InChI is InChI=1S/C13H11F2NO3S/c1-18-11(17)6-8-7-20-12(16-8)9-4-2-3-5-10(9)19-13(14)15/h2-5,7,13H,6H2,1H3. The molecule has 0 aliphatic carbocycles. The van der Waals surface area contributed by atoms with Gasteiger partial charge in [0.15, 0.2) is 0 Å². The first kappa shape index (κ1) is 14.4. The van der Waals surface area contributed by atoms with Crippen molar-refractivity contribution in [3.05, 3.63) is 35.3 Å². The molecule has 0 radical (unpaired) electrons. The lowest BCUT2D eigenvalue weighted by atomic mass is 10.2. The third kappa shape index (κ3) is 3.51. The number of hydrogen-bond donors (Lipinski definition) is 0. The number of ether oxygens (including phenoxy) is 2. The third-order valence-electron chi connectivity index (χ3n) is 2.44. The maximum Gasteiger partial charge on any atom is 0.387 e. The van der Waals surface area contributed by atoms with Crippen LogP contribution in [0.5, 0.6) is 5.75 Å². The molecule has 1 aromatic carbocycles. The zero-order chi connectivity index (χ0) is 14.5. The van der Waals surface area contributed by atoms with Gasteiger partial charge in [-0.25, -0.2) is 4.98 Å². The Bertz CT molecular complexity index is 601. The number of nitrogens with zero attached hydrogens (tertiary/aromatic N) is 1. The molecule has 0 aliphatic rings. The Hall–Kier alpha value is -2.02. The van der Waals surface area contributed by atoms with Gasteiger partial charge in [0.1, 0.15) is 10.8 Å². The van der Waals surface area contributed by atoms with Crippen molar-refractivity contribution < 1.29 is 23.0 Å². The number of rotatable bonds is 5. The first-order valence-corrected chi connectivity index (χ1v) is 6.53. The van der Waals surface area contributed by atoms with Crippen molar-refractivity contribution in [2.45, 2.75) is 13.0 Å². The van der Waals surface area contributed by atoms with Gasteiger partial charge in [0, 0.05) is 5.38 Å². The predicted octanol–water partition coefficient (Wildman–Crippen LogP) is 3.13. The third-order valence-corrected chi connectivity index (χ3v) is 3.36. The highest BCUT2D eigenvalue weighted by Crippen LogP contribution is 2.33. The lowest BCUT2D eigenvalue weighted by Crippen LogP contribution is -2.05. The summed E-state index contributed by atoms with van der Waals surface area (Å²) < 4.78 is 33.7. The molecule has 1 heterocycles. The van der Waals surface area contributed by atoms with Gasteiger partial charge in [-0.2, -0.15) is 8.78 Å². The Morgan fingerprint density at radius 2 is 2.15 bits per heavy atom. The molecule has 0 saturated carbocycles. The molecule has 0 fully saturated rings. The highest BCUT2D eigenvalue weighted by Gasteiger charge is 2.14. The summed E-state index contributed by atoms with van der Waals surface area (Å²) in [7, 11) is 1.29. The first-order valence-electron chi connectivity index (χ1n) is 5.65. The predicted molar refractivity (Wildman–Crippen MR) is 69.9 cm³/mol. The molecule has 7 heteroatoms. The van der Waals surface area contributed by atoms with Gasteiger partial charge in [-0.15, -0.1) is 11.3 Å². The summed E-state index contributed by atoms with van der Waals surface area (Å²) in [5.41, 5.74) is 0.998. The minimum absolute atomic E-state index is 0.0465. The summed E-state index contributed by atoms with van der Waals surface area (Å²) in [5, 5.41) is 2.20. The molecule has 0 N–H and O–H groups in total. The molecule has 0 spiro atoms. The average Bonchev–Trinajstić information content (AvgIpc) is 2.87. The molecule has 2 rings (SSSR count). The number of alkyl halides is 2.